The SMILES string of the molecule is FCCCNC1CC2CCC1C2. The molecule has 0 aliphatic heterocycles. The number of hydrogen-bond acceptors (Lipinski definition) is 1. The third kappa shape index (κ3) is 1.63. The molecule has 12 heavy (non-hydrogen) atoms. The molecular weight excluding hydrogens is 153 g/mol. The van der Waals surface area contributed by atoms with Gasteiger partial charge in [0.25, 0.3) is 0 Å². The first-order chi connectivity index (χ1) is 5.90. The average molecular weight is 171 g/mol. The summed E-state index contributed by atoms with van der Waals surface area (Å²) in [7, 11) is 0. The van der Waals surface area contributed by atoms with Gasteiger partial charge in [-0.25, -0.2) is 0 Å². The van der Waals surface area contributed by atoms with Crippen LogP contribution in [-0.4, -0.2) is 19.3 Å². The predicted molar refractivity (Wildman–Crippen MR) is 47.8 cm³/mol. The van der Waals surface area contributed by atoms with Crippen molar-refractivity contribution in [1.29, 1.82) is 0 Å². The highest BCUT2D eigenvalue weighted by Crippen LogP contribution is 2.44. The normalized spacial score (nSPS) is 39.2. The lowest BCUT2D eigenvalue weighted by Crippen LogP contribution is -2.34. The summed E-state index contributed by atoms with van der Waals surface area (Å²) in [5.41, 5.74) is 0. The minimum absolute atomic E-state index is 0.173. The highest BCUT2D eigenvalue weighted by Gasteiger charge is 2.38. The molecule has 3 atom stereocenters. The van der Waals surface area contributed by atoms with Crippen molar-refractivity contribution < 1.29 is 4.39 Å². The average Bonchev–Trinajstić information content (AvgIpc) is 2.65. The molecule has 2 fully saturated rings. The number of rotatable bonds is 4. The van der Waals surface area contributed by atoms with Crippen molar-refractivity contribution in [2.75, 3.05) is 13.2 Å². The van der Waals surface area contributed by atoms with Gasteiger partial charge in [-0.15, -0.1) is 0 Å². The summed E-state index contributed by atoms with van der Waals surface area (Å²) in [6, 6.07) is 0.732. The molecule has 0 aromatic heterocycles. The number of nitrogens with one attached hydrogen (secondary N) is 1. The van der Waals surface area contributed by atoms with Gasteiger partial charge in [0, 0.05) is 6.04 Å². The first-order valence-corrected chi connectivity index (χ1v) is 5.19. The standard InChI is InChI=1S/C10H18FN/c11-4-1-5-12-10-7-8-2-3-9(10)6-8/h8-10,12H,1-7H2. The molecule has 70 valence electrons. The summed E-state index contributed by atoms with van der Waals surface area (Å²) in [6.07, 6.45) is 6.35. The number of halogens is 1. The van der Waals surface area contributed by atoms with Crippen LogP contribution in [0, 0.1) is 11.8 Å². The molecular formula is C10H18FN. The van der Waals surface area contributed by atoms with E-state index < -0.39 is 0 Å². The van der Waals surface area contributed by atoms with Gasteiger partial charge < -0.3 is 5.32 Å². The van der Waals surface area contributed by atoms with E-state index in [0.717, 1.165) is 24.4 Å². The van der Waals surface area contributed by atoms with Gasteiger partial charge in [0.05, 0.1) is 6.67 Å². The molecule has 0 heterocycles. The largest absolute Gasteiger partial charge is 0.314 e. The van der Waals surface area contributed by atoms with Crippen LogP contribution in [0.4, 0.5) is 4.39 Å². The minimum atomic E-state index is -0.173. The monoisotopic (exact) mass is 171 g/mol. The van der Waals surface area contributed by atoms with E-state index in [1.807, 2.05) is 0 Å². The third-order valence-corrected chi connectivity index (χ3v) is 3.46. The molecule has 2 bridgehead atoms. The summed E-state index contributed by atoms with van der Waals surface area (Å²) in [5, 5.41) is 3.47. The van der Waals surface area contributed by atoms with E-state index in [0.29, 0.717) is 6.42 Å². The van der Waals surface area contributed by atoms with Crippen LogP contribution in [0.5, 0.6) is 0 Å². The van der Waals surface area contributed by atoms with E-state index in [2.05, 4.69) is 5.32 Å². The van der Waals surface area contributed by atoms with Crippen molar-refractivity contribution in [3.8, 4) is 0 Å². The first kappa shape index (κ1) is 8.49. The first-order valence-electron chi connectivity index (χ1n) is 5.19. The van der Waals surface area contributed by atoms with E-state index in [1.54, 1.807) is 0 Å². The van der Waals surface area contributed by atoms with E-state index >= 15 is 0 Å². The van der Waals surface area contributed by atoms with Crippen molar-refractivity contribution in [2.24, 2.45) is 11.8 Å². The van der Waals surface area contributed by atoms with E-state index in [1.165, 1.54) is 25.7 Å². The Labute approximate surface area is 73.7 Å². The zero-order valence-corrected chi connectivity index (χ0v) is 7.56. The molecule has 0 spiro atoms. The summed E-state index contributed by atoms with van der Waals surface area (Å²) in [4.78, 5) is 0. The van der Waals surface area contributed by atoms with Crippen LogP contribution >= 0.6 is 0 Å². The fourth-order valence-corrected chi connectivity index (χ4v) is 2.85. The second-order valence-corrected chi connectivity index (χ2v) is 4.28. The molecule has 2 rings (SSSR count). The van der Waals surface area contributed by atoms with Crippen LogP contribution in [0.15, 0.2) is 0 Å². The number of hydrogen-bond donors (Lipinski definition) is 1. The number of fused-ring (bicyclic) bond motifs is 2. The lowest BCUT2D eigenvalue weighted by atomic mass is 9.95. The summed E-state index contributed by atoms with van der Waals surface area (Å²) in [6.45, 7) is 0.707. The van der Waals surface area contributed by atoms with Crippen molar-refractivity contribution >= 4 is 0 Å². The molecule has 2 aliphatic carbocycles. The summed E-state index contributed by atoms with van der Waals surface area (Å²) >= 11 is 0. The van der Waals surface area contributed by atoms with Crippen LogP contribution in [0.3, 0.4) is 0 Å². The van der Waals surface area contributed by atoms with Crippen molar-refractivity contribution in [3.05, 3.63) is 0 Å². The molecule has 0 amide bonds. The van der Waals surface area contributed by atoms with Crippen LogP contribution in [0.2, 0.25) is 0 Å². The van der Waals surface area contributed by atoms with E-state index in [-0.39, 0.29) is 6.67 Å². The molecule has 2 aliphatic rings. The zero-order chi connectivity index (χ0) is 8.39. The number of alkyl halides is 1. The maximum atomic E-state index is 11.8. The van der Waals surface area contributed by atoms with Gasteiger partial charge in [0.1, 0.15) is 0 Å². The molecule has 0 aromatic rings. The Morgan fingerprint density at radius 1 is 1.25 bits per heavy atom. The van der Waals surface area contributed by atoms with Gasteiger partial charge in [-0.2, -0.15) is 0 Å². The molecule has 0 aromatic carbocycles. The Hall–Kier alpha value is -0.110. The summed E-state index contributed by atoms with van der Waals surface area (Å²) < 4.78 is 11.8. The molecule has 0 radical (unpaired) electrons. The highest BCUT2D eigenvalue weighted by molar-refractivity contribution is 4.93. The topological polar surface area (TPSA) is 12.0 Å². The maximum absolute atomic E-state index is 11.8. The smallest absolute Gasteiger partial charge is 0.0906 e. The van der Waals surface area contributed by atoms with Gasteiger partial charge >= 0.3 is 0 Å². The van der Waals surface area contributed by atoms with Crippen LogP contribution in [-0.2, 0) is 0 Å². The second kappa shape index (κ2) is 3.73. The maximum Gasteiger partial charge on any atom is 0.0906 e. The van der Waals surface area contributed by atoms with Crippen LogP contribution < -0.4 is 5.32 Å². The Bertz CT molecular complexity index is 149. The quantitative estimate of drug-likeness (QED) is 0.639. The molecule has 2 saturated carbocycles. The van der Waals surface area contributed by atoms with Crippen molar-refractivity contribution in [3.63, 3.8) is 0 Å². The van der Waals surface area contributed by atoms with Gasteiger partial charge in [0.15, 0.2) is 0 Å². The van der Waals surface area contributed by atoms with Crippen LogP contribution in [0.25, 0.3) is 0 Å². The second-order valence-electron chi connectivity index (χ2n) is 4.28. The Kier molecular flexibility index (Phi) is 2.64. The molecule has 1 nitrogen and oxygen atoms in total. The predicted octanol–water partition coefficient (Wildman–Crippen LogP) is 2.12. The zero-order valence-electron chi connectivity index (χ0n) is 7.56. The van der Waals surface area contributed by atoms with E-state index in [4.69, 9.17) is 0 Å². The third-order valence-electron chi connectivity index (χ3n) is 3.46. The summed E-state index contributed by atoms with van der Waals surface area (Å²) in [5.74, 6) is 1.92. The van der Waals surface area contributed by atoms with Crippen molar-refractivity contribution in [1.82, 2.24) is 5.32 Å². The van der Waals surface area contributed by atoms with Gasteiger partial charge in [-0.05, 0) is 44.1 Å². The van der Waals surface area contributed by atoms with Gasteiger partial charge in [-0.1, -0.05) is 6.42 Å². The fourth-order valence-electron chi connectivity index (χ4n) is 2.85. The van der Waals surface area contributed by atoms with Gasteiger partial charge in [0.2, 0.25) is 0 Å². The highest BCUT2D eigenvalue weighted by atomic mass is 19.1. The lowest BCUT2D eigenvalue weighted by molar-refractivity contribution is 0.342. The Morgan fingerprint density at radius 3 is 2.75 bits per heavy atom. The van der Waals surface area contributed by atoms with Crippen LogP contribution in [0.1, 0.15) is 32.1 Å². The van der Waals surface area contributed by atoms with Crippen molar-refractivity contribution in [2.45, 2.75) is 38.1 Å². The molecule has 2 heteroatoms. The van der Waals surface area contributed by atoms with Gasteiger partial charge in [-0.3, -0.25) is 4.39 Å². The lowest BCUT2D eigenvalue weighted by Gasteiger charge is -2.22. The Morgan fingerprint density at radius 2 is 2.17 bits per heavy atom. The molecule has 0 saturated heterocycles. The molecule has 1 N–H and O–H groups in total. The fraction of sp³-hybridized carbons (Fsp3) is 1.00. The van der Waals surface area contributed by atoms with E-state index in [9.17, 15) is 4.39 Å². The molecule has 3 unspecified atom stereocenters. The minimum Gasteiger partial charge on any atom is -0.314 e. The Balaban J connectivity index is 1.69.